The molecule has 1 fully saturated rings. The number of amides is 2. The molecule has 1 saturated heterocycles. The maximum Gasteiger partial charge on any atom is 0.258 e. The van der Waals surface area contributed by atoms with Crippen LogP contribution in [0.25, 0.3) is 0 Å². The van der Waals surface area contributed by atoms with E-state index in [1.165, 1.54) is 19.4 Å². The van der Waals surface area contributed by atoms with Gasteiger partial charge in [-0.3, -0.25) is 9.59 Å². The fourth-order valence-corrected chi connectivity index (χ4v) is 5.32. The number of rotatable bonds is 8. The van der Waals surface area contributed by atoms with Gasteiger partial charge in [0.1, 0.15) is 22.3 Å². The molecule has 0 aliphatic carbocycles. The quantitative estimate of drug-likeness (QED) is 0.389. The topological polar surface area (TPSA) is 118 Å². The molecule has 5 rings (SSSR count). The van der Waals surface area contributed by atoms with Gasteiger partial charge in [-0.05, 0) is 44.6 Å². The molecular weight excluding hydrogens is 567 g/mol. The van der Waals surface area contributed by atoms with Gasteiger partial charge >= 0.3 is 0 Å². The molecule has 1 aromatic heterocycles. The third kappa shape index (κ3) is 5.69. The summed E-state index contributed by atoms with van der Waals surface area (Å²) in [5.74, 6) is -0.981. The zero-order valence-electron chi connectivity index (χ0n) is 23.9. The average Bonchev–Trinajstić information content (AvgIpc) is 3.20. The van der Waals surface area contributed by atoms with E-state index in [1.807, 2.05) is 20.0 Å². The number of hydrogen-bond acceptors (Lipinski definition) is 9. The summed E-state index contributed by atoms with van der Waals surface area (Å²) in [6.45, 7) is 3.37. The SMILES string of the molecule is COc1cc(C(=O)N[C@H]2CCN(C)C[C@H]2OC)c(F)cc1Nc1ncc(Cl)c(Oc2cccc3c2C(=O)N(C)[C@H]3C)n1. The number of anilines is 2. The first-order chi connectivity index (χ1) is 20.1. The largest absolute Gasteiger partial charge is 0.495 e. The van der Waals surface area contributed by atoms with E-state index in [4.69, 9.17) is 25.8 Å². The fraction of sp³-hybridized carbons (Fsp3) is 0.379. The molecule has 2 aliphatic rings. The van der Waals surface area contributed by atoms with Crippen molar-refractivity contribution < 1.29 is 28.2 Å². The third-order valence-corrected chi connectivity index (χ3v) is 7.96. The van der Waals surface area contributed by atoms with E-state index in [0.717, 1.165) is 18.2 Å². The first-order valence-electron chi connectivity index (χ1n) is 13.4. The van der Waals surface area contributed by atoms with Crippen LogP contribution in [0.15, 0.2) is 36.5 Å². The van der Waals surface area contributed by atoms with Crippen LogP contribution in [0.4, 0.5) is 16.0 Å². The molecular formula is C29H32ClFN6O5. The minimum Gasteiger partial charge on any atom is -0.495 e. The Bertz CT molecular complexity index is 1520. The van der Waals surface area contributed by atoms with Crippen molar-refractivity contribution >= 4 is 35.1 Å². The van der Waals surface area contributed by atoms with Crippen molar-refractivity contribution in [1.29, 1.82) is 0 Å². The molecule has 2 amide bonds. The molecule has 0 unspecified atom stereocenters. The number of likely N-dealkylation sites (N-methyl/N-ethyl adjacent to an activating group) is 1. The highest BCUT2D eigenvalue weighted by atomic mass is 35.5. The molecule has 0 saturated carbocycles. The zero-order valence-corrected chi connectivity index (χ0v) is 24.7. The van der Waals surface area contributed by atoms with E-state index in [2.05, 4.69) is 25.5 Å². The molecule has 0 bridgehead atoms. The molecule has 42 heavy (non-hydrogen) atoms. The van der Waals surface area contributed by atoms with Gasteiger partial charge < -0.3 is 34.6 Å². The number of nitrogens with zero attached hydrogens (tertiary/aromatic N) is 4. The summed E-state index contributed by atoms with van der Waals surface area (Å²) in [6.07, 6.45) is 1.79. The number of ether oxygens (including phenoxy) is 3. The Kier molecular flexibility index (Phi) is 8.48. The van der Waals surface area contributed by atoms with Gasteiger partial charge in [0, 0.05) is 26.8 Å². The van der Waals surface area contributed by atoms with Crippen molar-refractivity contribution in [2.24, 2.45) is 0 Å². The number of likely N-dealkylation sites (tertiary alicyclic amines) is 1. The van der Waals surface area contributed by atoms with Crippen molar-refractivity contribution in [2.75, 3.05) is 46.7 Å². The smallest absolute Gasteiger partial charge is 0.258 e. The molecule has 0 radical (unpaired) electrons. The minimum atomic E-state index is -0.764. The fourth-order valence-electron chi connectivity index (χ4n) is 5.19. The van der Waals surface area contributed by atoms with Crippen molar-refractivity contribution in [3.8, 4) is 17.4 Å². The lowest BCUT2D eigenvalue weighted by Gasteiger charge is -2.36. The number of fused-ring (bicyclic) bond motifs is 1. The number of carbonyl (C=O) groups is 2. The summed E-state index contributed by atoms with van der Waals surface area (Å²) < 4.78 is 32.2. The summed E-state index contributed by atoms with van der Waals surface area (Å²) in [7, 11) is 6.70. The molecule has 2 aromatic carbocycles. The van der Waals surface area contributed by atoms with Crippen LogP contribution in [-0.2, 0) is 4.74 Å². The molecule has 3 atom stereocenters. The molecule has 13 heteroatoms. The van der Waals surface area contributed by atoms with Crippen LogP contribution >= 0.6 is 11.6 Å². The van der Waals surface area contributed by atoms with E-state index in [9.17, 15) is 9.59 Å². The summed E-state index contributed by atoms with van der Waals surface area (Å²) in [4.78, 5) is 38.1. The van der Waals surface area contributed by atoms with E-state index in [0.29, 0.717) is 24.3 Å². The van der Waals surface area contributed by atoms with Gasteiger partial charge in [0.25, 0.3) is 11.8 Å². The number of aromatic nitrogens is 2. The highest BCUT2D eigenvalue weighted by molar-refractivity contribution is 6.31. The molecule has 222 valence electrons. The Morgan fingerprint density at radius 3 is 2.71 bits per heavy atom. The predicted molar refractivity (Wildman–Crippen MR) is 154 cm³/mol. The standard InChI is InChI=1S/C29H32ClFN6O5/c1-15-16-7-6-8-22(25(16)28(39)37(15)3)42-27-18(30)13-32-29(35-27)34-21-12-19(31)17(11-23(21)40-4)26(38)33-20-9-10-36(2)14-24(20)41-5/h6-8,11-13,15,20,24H,9-10,14H2,1-5H3,(H,33,38)(H,32,34,35)/t15-,20-,24+/m0/s1. The monoisotopic (exact) mass is 598 g/mol. The average molecular weight is 599 g/mol. The molecule has 3 aromatic rings. The number of piperidine rings is 1. The molecule has 0 spiro atoms. The van der Waals surface area contributed by atoms with Gasteiger partial charge in [0.2, 0.25) is 11.8 Å². The van der Waals surface area contributed by atoms with Crippen molar-refractivity contribution in [3.63, 3.8) is 0 Å². The van der Waals surface area contributed by atoms with E-state index in [-0.39, 0.29) is 57.9 Å². The number of methoxy groups -OCH3 is 2. The van der Waals surface area contributed by atoms with E-state index >= 15 is 4.39 Å². The van der Waals surface area contributed by atoms with E-state index in [1.54, 1.807) is 31.2 Å². The summed E-state index contributed by atoms with van der Waals surface area (Å²) in [5.41, 5.74) is 1.28. The summed E-state index contributed by atoms with van der Waals surface area (Å²) in [6, 6.07) is 7.41. The van der Waals surface area contributed by atoms with Gasteiger partial charge in [0.05, 0.1) is 48.3 Å². The summed E-state index contributed by atoms with van der Waals surface area (Å²) in [5, 5.41) is 5.90. The van der Waals surface area contributed by atoms with E-state index < -0.39 is 11.7 Å². The van der Waals surface area contributed by atoms with Crippen LogP contribution in [0.1, 0.15) is 45.7 Å². The van der Waals surface area contributed by atoms with Crippen molar-refractivity contribution in [2.45, 2.75) is 31.5 Å². The Morgan fingerprint density at radius 2 is 1.98 bits per heavy atom. The van der Waals surface area contributed by atoms with Gasteiger partial charge in [-0.15, -0.1) is 0 Å². The number of carbonyl (C=O) groups excluding carboxylic acids is 2. The normalized spacial score (nSPS) is 20.3. The minimum absolute atomic E-state index is 0.00108. The molecule has 2 aliphatic heterocycles. The van der Waals surface area contributed by atoms with Crippen LogP contribution in [-0.4, -0.2) is 85.1 Å². The number of nitrogens with one attached hydrogen (secondary N) is 2. The van der Waals surface area contributed by atoms with Crippen LogP contribution in [0.3, 0.4) is 0 Å². The molecule has 2 N–H and O–H groups in total. The van der Waals surface area contributed by atoms with Crippen LogP contribution in [0.5, 0.6) is 17.4 Å². The Balaban J connectivity index is 1.36. The molecule has 11 nitrogen and oxygen atoms in total. The Hall–Kier alpha value is -4.00. The highest BCUT2D eigenvalue weighted by Crippen LogP contribution is 2.40. The summed E-state index contributed by atoms with van der Waals surface area (Å²) >= 11 is 6.33. The van der Waals surface area contributed by atoms with Gasteiger partial charge in [0.15, 0.2) is 0 Å². The van der Waals surface area contributed by atoms with Gasteiger partial charge in [-0.25, -0.2) is 9.37 Å². The maximum absolute atomic E-state index is 15.3. The van der Waals surface area contributed by atoms with Crippen LogP contribution in [0.2, 0.25) is 5.02 Å². The highest BCUT2D eigenvalue weighted by Gasteiger charge is 2.34. The predicted octanol–water partition coefficient (Wildman–Crippen LogP) is 4.41. The second-order valence-corrected chi connectivity index (χ2v) is 10.7. The lowest BCUT2D eigenvalue weighted by Crippen LogP contribution is -2.53. The lowest BCUT2D eigenvalue weighted by molar-refractivity contribution is 0.0141. The van der Waals surface area contributed by atoms with Crippen molar-refractivity contribution in [1.82, 2.24) is 25.1 Å². The lowest BCUT2D eigenvalue weighted by atomic mass is 10.0. The Morgan fingerprint density at radius 1 is 1.19 bits per heavy atom. The first kappa shape index (κ1) is 29.5. The number of hydrogen-bond donors (Lipinski definition) is 2. The first-order valence-corrected chi connectivity index (χ1v) is 13.8. The second-order valence-electron chi connectivity index (χ2n) is 10.3. The van der Waals surface area contributed by atoms with Crippen LogP contribution in [0, 0.1) is 5.82 Å². The molecule has 3 heterocycles. The third-order valence-electron chi connectivity index (χ3n) is 7.70. The van der Waals surface area contributed by atoms with Crippen LogP contribution < -0.4 is 20.1 Å². The second kappa shape index (κ2) is 12.1. The Labute approximate surface area is 247 Å². The van der Waals surface area contributed by atoms with Gasteiger partial charge in [-0.2, -0.15) is 4.98 Å². The maximum atomic E-state index is 15.3. The number of benzene rings is 2. The zero-order chi connectivity index (χ0) is 30.1. The van der Waals surface area contributed by atoms with Gasteiger partial charge in [-0.1, -0.05) is 23.7 Å². The van der Waals surface area contributed by atoms with Crippen molar-refractivity contribution in [3.05, 3.63) is 64.1 Å². The number of halogens is 2.